The molecule has 0 N–H and O–H groups in total. The average molecular weight is 1920 g/mol. The van der Waals surface area contributed by atoms with Gasteiger partial charge in [0.2, 0.25) is 0 Å². The molecular formula is C120H104O8P8. The van der Waals surface area contributed by atoms with E-state index in [1.165, 1.54) is 0 Å². The fraction of sp³-hybridized carbons (Fsp3) is 0.0500. The van der Waals surface area contributed by atoms with Crippen molar-refractivity contribution in [2.24, 2.45) is 0 Å². The van der Waals surface area contributed by atoms with E-state index in [0.29, 0.717) is 24.6 Å². The molecule has 16 heteroatoms. The summed E-state index contributed by atoms with van der Waals surface area (Å²) in [6.45, 7) is 3.97. The molecule has 0 bridgehead atoms. The summed E-state index contributed by atoms with van der Waals surface area (Å²) in [5, 5.41) is 16.0. The van der Waals surface area contributed by atoms with Gasteiger partial charge in [-0.3, -0.25) is 0 Å². The van der Waals surface area contributed by atoms with E-state index in [4.69, 9.17) is 0 Å². The quantitative estimate of drug-likeness (QED) is 0.0464. The lowest BCUT2D eigenvalue weighted by molar-refractivity contribution is 0.582. The van der Waals surface area contributed by atoms with Gasteiger partial charge in [-0.1, -0.05) is 534 Å². The summed E-state index contributed by atoms with van der Waals surface area (Å²) in [6, 6.07) is 174. The molecule has 19 rings (SSSR count). The van der Waals surface area contributed by atoms with Crippen molar-refractivity contribution >= 4 is 163 Å². The Morgan fingerprint density at radius 2 is 0.265 bits per heavy atom. The van der Waals surface area contributed by atoms with Gasteiger partial charge < -0.3 is 36.5 Å². The van der Waals surface area contributed by atoms with Crippen LogP contribution in [-0.2, 0) is 48.8 Å². The van der Waals surface area contributed by atoms with Crippen LogP contribution in [0.5, 0.6) is 0 Å². The van der Waals surface area contributed by atoms with Gasteiger partial charge in [-0.2, -0.15) is 0 Å². The first kappa shape index (κ1) is 96.2. The second-order valence-electron chi connectivity index (χ2n) is 33.3. The van der Waals surface area contributed by atoms with Crippen LogP contribution in [0, 0.1) is 13.8 Å². The highest BCUT2D eigenvalue weighted by molar-refractivity contribution is 7.87. The van der Waals surface area contributed by atoms with Crippen molar-refractivity contribution in [3.63, 3.8) is 0 Å². The van der Waals surface area contributed by atoms with Gasteiger partial charge in [-0.25, -0.2) is 0 Å². The fourth-order valence-electron chi connectivity index (χ4n) is 17.6. The topological polar surface area (TPSA) is 137 Å². The highest BCUT2D eigenvalue weighted by atomic mass is 31.2. The molecule has 0 heterocycles. The molecule has 0 saturated heterocycles. The third-order valence-electron chi connectivity index (χ3n) is 24.7. The van der Waals surface area contributed by atoms with Gasteiger partial charge in [-0.05, 0) is 48.2 Å². The summed E-state index contributed by atoms with van der Waals surface area (Å²) in [7, 11) is -24.0. The Kier molecular flexibility index (Phi) is 31.3. The second-order valence-corrected chi connectivity index (χ2v) is 55.9. The van der Waals surface area contributed by atoms with E-state index < -0.39 is 57.1 Å². The molecule has 0 radical (unpaired) electrons. The minimum Gasteiger partial charge on any atom is -0.314 e. The molecule has 0 fully saturated rings. The third kappa shape index (κ3) is 21.0. The zero-order chi connectivity index (χ0) is 94.3. The smallest absolute Gasteiger partial charge is 0.171 e. The Morgan fingerprint density at radius 1 is 0.140 bits per heavy atom. The summed E-state index contributed by atoms with van der Waals surface area (Å²) in [6.07, 6.45) is 1.58. The van der Waals surface area contributed by atoms with Crippen molar-refractivity contribution in [3.05, 3.63) is 568 Å². The first-order valence-corrected chi connectivity index (χ1v) is 59.7. The lowest BCUT2D eigenvalue weighted by Gasteiger charge is -2.26. The first-order valence-electron chi connectivity index (χ1n) is 45.3. The maximum Gasteiger partial charge on any atom is 0.171 e. The predicted octanol–water partition coefficient (Wildman–Crippen LogP) is 22.3. The van der Waals surface area contributed by atoms with Crippen molar-refractivity contribution in [1.29, 1.82) is 0 Å². The lowest BCUT2D eigenvalue weighted by atomic mass is 10.2. The average Bonchev–Trinajstić information content (AvgIpc) is 0.724. The van der Waals surface area contributed by atoms with Crippen LogP contribution in [0.1, 0.15) is 22.3 Å². The Labute approximate surface area is 800 Å². The third-order valence-corrected chi connectivity index (χ3v) is 50.0. The van der Waals surface area contributed by atoms with Crippen molar-refractivity contribution < 1.29 is 36.5 Å². The van der Waals surface area contributed by atoms with E-state index in [1.54, 1.807) is 0 Å². The lowest BCUT2D eigenvalue weighted by Crippen LogP contribution is -2.31. The van der Waals surface area contributed by atoms with Gasteiger partial charge in [0.05, 0.1) is 0 Å². The van der Waals surface area contributed by atoms with E-state index >= 15 is 9.13 Å². The van der Waals surface area contributed by atoms with Crippen LogP contribution in [0.25, 0.3) is 0 Å². The molecule has 136 heavy (non-hydrogen) atoms. The van der Waals surface area contributed by atoms with E-state index in [1.807, 2.05) is 560 Å². The molecule has 0 aliphatic rings. The minimum atomic E-state index is -3.15. The van der Waals surface area contributed by atoms with Gasteiger partial charge in [0.1, 0.15) is 28.6 Å². The van der Waals surface area contributed by atoms with Crippen LogP contribution < -0.4 is 106 Å². The monoisotopic (exact) mass is 1920 g/mol. The Hall–Kier alpha value is -13.0. The highest BCUT2D eigenvalue weighted by Gasteiger charge is 2.40. The van der Waals surface area contributed by atoms with E-state index in [2.05, 4.69) is 0 Å². The zero-order valence-electron chi connectivity index (χ0n) is 75.6. The minimum absolute atomic E-state index is 0.349. The van der Waals surface area contributed by atoms with Crippen LogP contribution in [0.3, 0.4) is 0 Å². The Morgan fingerprint density at radius 3 is 0.419 bits per heavy atom. The number of rotatable bonds is 27. The molecule has 0 saturated carbocycles. The van der Waals surface area contributed by atoms with Crippen LogP contribution in [0.4, 0.5) is 0 Å². The van der Waals surface area contributed by atoms with Crippen LogP contribution >= 0.6 is 57.1 Å². The largest absolute Gasteiger partial charge is 0.314 e. The van der Waals surface area contributed by atoms with Crippen molar-refractivity contribution in [2.45, 2.75) is 26.2 Å². The molecule has 0 aliphatic heterocycles. The first-order chi connectivity index (χ1) is 66.3. The van der Waals surface area contributed by atoms with Crippen molar-refractivity contribution in [3.8, 4) is 0 Å². The molecule has 0 atom stereocenters. The van der Waals surface area contributed by atoms with Crippen LogP contribution in [0.2, 0.25) is 0 Å². The second kappa shape index (κ2) is 44.2. The summed E-state index contributed by atoms with van der Waals surface area (Å²) < 4.78 is 117. The van der Waals surface area contributed by atoms with E-state index in [0.717, 1.165) is 128 Å². The molecule has 0 aromatic heterocycles. The Balaban J connectivity index is 0.000000132. The van der Waals surface area contributed by atoms with Crippen LogP contribution in [-0.4, -0.2) is 12.3 Å². The maximum atomic E-state index is 15.0. The molecule has 672 valence electrons. The van der Waals surface area contributed by atoms with Gasteiger partial charge >= 0.3 is 0 Å². The molecule has 19 aromatic rings. The molecule has 0 unspecified atom stereocenters. The van der Waals surface area contributed by atoms with Crippen LogP contribution in [0.15, 0.2) is 546 Å². The van der Waals surface area contributed by atoms with Gasteiger partial charge in [-0.15, -0.1) is 0 Å². The number of hydrogen-bond acceptors (Lipinski definition) is 8. The predicted molar refractivity (Wildman–Crippen MR) is 583 cm³/mol. The Bertz CT molecular complexity index is 6730. The summed E-state index contributed by atoms with van der Waals surface area (Å²) >= 11 is 0. The number of benzene rings is 19. The molecule has 8 nitrogen and oxygen atoms in total. The summed E-state index contributed by atoms with van der Waals surface area (Å²) in [5.41, 5.74) is 3.76. The molecule has 19 aromatic carbocycles. The maximum absolute atomic E-state index is 15.0. The van der Waals surface area contributed by atoms with E-state index in [9.17, 15) is 27.4 Å². The zero-order valence-corrected chi connectivity index (χ0v) is 82.8. The standard InChI is InChI=1S/2C32H28O2P2.C30H24O2P2.C26H24O2P2/c1-25-23-32(36(34,29-19-11-5-12-20-29)30-21-13-6-14-22-30)26(2)24-31(25)35(33,27-15-7-3-8-16-27)28-17-9-4-10-18-28;33-35(29-13-5-1-6-14-29,30-15-7-2-8-16-30)25-27-21-23-28(24-22-27)26-36(34,31-17-9-3-10-18-31)32-19-11-4-12-20-32;31-33(25-13-5-1-6-14-25,26-15-7-2-8-16-26)29-21-23-30(24-22-29)34(32,27-17-9-3-10-18-27)28-19-11-4-12-20-28;27-29(23-13-5-1-6-14-23,24-15-7-2-8-16-24)21-22-30(28,25-17-9-3-10-18-25)26-19-11-4-12-20-26/h3-24H,1-2H3;1-24H,25-26H2;1-24H;1-20H,21-22H2. The summed E-state index contributed by atoms with van der Waals surface area (Å²) in [4.78, 5) is 0. The fourth-order valence-corrected chi connectivity index (χ4v) is 40.7. The normalized spacial score (nSPS) is 11.8. The van der Waals surface area contributed by atoms with Gasteiger partial charge in [0.15, 0.2) is 28.6 Å². The number of aryl methyl sites for hydroxylation is 2. The summed E-state index contributed by atoms with van der Waals surface area (Å²) in [5.74, 6) is 0. The number of hydrogen-bond donors (Lipinski definition) is 0. The van der Waals surface area contributed by atoms with E-state index in [-0.39, 0.29) is 0 Å². The highest BCUT2D eigenvalue weighted by Crippen LogP contribution is 2.54. The van der Waals surface area contributed by atoms with Crippen molar-refractivity contribution in [1.82, 2.24) is 0 Å². The molecule has 0 spiro atoms. The molecule has 0 amide bonds. The SMILES string of the molecule is Cc1cc(P(=O)(c2ccccc2)c2ccccc2)c(C)cc1P(=O)(c1ccccc1)c1ccccc1.O=P(CCP(=O)(c1ccccc1)c1ccccc1)(c1ccccc1)c1ccccc1.O=P(Cc1ccc(CP(=O)(c2ccccc2)c2ccccc2)cc1)(c1ccccc1)c1ccccc1.O=P(c1ccccc1)(c1ccccc1)c1ccc(P(=O)(c2ccccc2)c2ccccc2)cc1. The van der Waals surface area contributed by atoms with Crippen molar-refractivity contribution in [2.75, 3.05) is 12.3 Å². The van der Waals surface area contributed by atoms with Gasteiger partial charge in [0, 0.05) is 131 Å². The molecular weight excluding hydrogens is 1820 g/mol. The van der Waals surface area contributed by atoms with Gasteiger partial charge in [0.25, 0.3) is 0 Å². The molecule has 0 aliphatic carbocycles.